The van der Waals surface area contributed by atoms with Gasteiger partial charge in [-0.15, -0.1) is 0 Å². The third kappa shape index (κ3) is 4.53. The van der Waals surface area contributed by atoms with Crippen molar-refractivity contribution in [3.63, 3.8) is 0 Å². The number of phenols is 1. The molecule has 0 saturated heterocycles. The smallest absolute Gasteiger partial charge is 0.416 e. The summed E-state index contributed by atoms with van der Waals surface area (Å²) in [6.07, 6.45) is -4.53. The summed E-state index contributed by atoms with van der Waals surface area (Å²) in [4.78, 5) is 24.7. The fourth-order valence-electron chi connectivity index (χ4n) is 2.46. The summed E-state index contributed by atoms with van der Waals surface area (Å²) >= 11 is 0. The van der Waals surface area contributed by atoms with Gasteiger partial charge in [0.2, 0.25) is 5.91 Å². The van der Waals surface area contributed by atoms with E-state index < -0.39 is 17.6 Å². The van der Waals surface area contributed by atoms with E-state index in [2.05, 4.69) is 5.32 Å². The van der Waals surface area contributed by atoms with E-state index in [4.69, 9.17) is 0 Å². The second-order valence-corrected chi connectivity index (χ2v) is 5.73. The Hall–Kier alpha value is -3.03. The maximum absolute atomic E-state index is 13.1. The number of amides is 2. The second kappa shape index (κ2) is 7.47. The first-order chi connectivity index (χ1) is 12.1. The molecule has 0 aliphatic carbocycles. The van der Waals surface area contributed by atoms with Crippen molar-refractivity contribution in [3.8, 4) is 5.75 Å². The number of anilines is 1. The van der Waals surface area contributed by atoms with Gasteiger partial charge in [-0.05, 0) is 29.8 Å². The first-order valence-electron chi connectivity index (χ1n) is 7.60. The van der Waals surface area contributed by atoms with Crippen LogP contribution in [0.5, 0.6) is 5.75 Å². The number of aromatic hydroxyl groups is 1. The number of rotatable bonds is 4. The molecule has 0 aliphatic rings. The molecular formula is C18H17F3N2O3. The Morgan fingerprint density at radius 3 is 2.42 bits per heavy atom. The van der Waals surface area contributed by atoms with Crippen molar-refractivity contribution in [1.29, 1.82) is 0 Å². The van der Waals surface area contributed by atoms with Crippen LogP contribution in [0.25, 0.3) is 0 Å². The van der Waals surface area contributed by atoms with E-state index >= 15 is 0 Å². The summed E-state index contributed by atoms with van der Waals surface area (Å²) in [5.41, 5.74) is -0.713. The summed E-state index contributed by atoms with van der Waals surface area (Å²) in [6, 6.07) is 8.88. The first-order valence-corrected chi connectivity index (χ1v) is 7.60. The predicted molar refractivity (Wildman–Crippen MR) is 89.7 cm³/mol. The van der Waals surface area contributed by atoms with Crippen molar-refractivity contribution in [2.75, 3.05) is 12.4 Å². The maximum Gasteiger partial charge on any atom is 0.416 e. The monoisotopic (exact) mass is 366 g/mol. The van der Waals surface area contributed by atoms with Gasteiger partial charge in [0.25, 0.3) is 5.91 Å². The molecule has 2 aromatic carbocycles. The molecule has 0 aromatic heterocycles. The van der Waals surface area contributed by atoms with Crippen molar-refractivity contribution in [1.82, 2.24) is 4.90 Å². The minimum atomic E-state index is -4.53. The first kappa shape index (κ1) is 19.3. The van der Waals surface area contributed by atoms with Crippen LogP contribution in [0.3, 0.4) is 0 Å². The Bertz CT molecular complexity index is 835. The van der Waals surface area contributed by atoms with Crippen LogP contribution in [0.15, 0.2) is 42.5 Å². The molecule has 0 fully saturated rings. The number of carbonyl (C=O) groups excluding carboxylic acids is 2. The van der Waals surface area contributed by atoms with Gasteiger partial charge in [0.15, 0.2) is 0 Å². The predicted octanol–water partition coefficient (Wildman–Crippen LogP) is 3.64. The summed E-state index contributed by atoms with van der Waals surface area (Å²) in [6.45, 7) is 0.993. The Balaban J connectivity index is 2.28. The van der Waals surface area contributed by atoms with E-state index in [1.54, 1.807) is 0 Å². The van der Waals surface area contributed by atoms with Crippen LogP contribution < -0.4 is 5.32 Å². The Labute approximate surface area is 148 Å². The number of hydrogen-bond donors (Lipinski definition) is 2. The normalized spacial score (nSPS) is 11.1. The lowest BCUT2D eigenvalue weighted by Gasteiger charge is -2.21. The molecule has 2 N–H and O–H groups in total. The quantitative estimate of drug-likeness (QED) is 0.812. The van der Waals surface area contributed by atoms with Crippen molar-refractivity contribution in [3.05, 3.63) is 59.2 Å². The minimum absolute atomic E-state index is 0.0617. The molecule has 0 heterocycles. The van der Waals surface area contributed by atoms with Crippen LogP contribution >= 0.6 is 0 Å². The number of nitrogens with one attached hydrogen (secondary N) is 1. The Morgan fingerprint density at radius 2 is 1.81 bits per heavy atom. The molecule has 0 aliphatic heterocycles. The van der Waals surface area contributed by atoms with Crippen LogP contribution in [0, 0.1) is 0 Å². The molecule has 0 spiro atoms. The van der Waals surface area contributed by atoms with Crippen molar-refractivity contribution < 1.29 is 27.9 Å². The third-order valence-corrected chi connectivity index (χ3v) is 3.62. The van der Waals surface area contributed by atoms with E-state index in [1.807, 2.05) is 0 Å². The fourth-order valence-corrected chi connectivity index (χ4v) is 2.46. The molecule has 138 valence electrons. The topological polar surface area (TPSA) is 69.6 Å². The summed E-state index contributed by atoms with van der Waals surface area (Å²) in [5.74, 6) is -1.37. The van der Waals surface area contributed by atoms with Gasteiger partial charge in [-0.3, -0.25) is 9.59 Å². The van der Waals surface area contributed by atoms with Crippen LogP contribution in [0.4, 0.5) is 18.9 Å². The van der Waals surface area contributed by atoms with E-state index in [-0.39, 0.29) is 29.3 Å². The molecule has 8 heteroatoms. The van der Waals surface area contributed by atoms with Gasteiger partial charge in [-0.2, -0.15) is 13.2 Å². The van der Waals surface area contributed by atoms with Crippen LogP contribution in [-0.4, -0.2) is 28.9 Å². The number of halogens is 3. The number of phenolic OH excluding ortho intramolecular Hbond substituents is 1. The van der Waals surface area contributed by atoms with Crippen LogP contribution in [-0.2, 0) is 17.5 Å². The maximum atomic E-state index is 13.1. The lowest BCUT2D eigenvalue weighted by molar-refractivity contribution is -0.138. The molecule has 26 heavy (non-hydrogen) atoms. The van der Waals surface area contributed by atoms with Crippen molar-refractivity contribution in [2.45, 2.75) is 19.6 Å². The molecule has 0 atom stereocenters. The van der Waals surface area contributed by atoms with Gasteiger partial charge >= 0.3 is 6.18 Å². The van der Waals surface area contributed by atoms with Gasteiger partial charge in [0.1, 0.15) is 5.75 Å². The molecule has 0 saturated carbocycles. The van der Waals surface area contributed by atoms with Gasteiger partial charge < -0.3 is 15.3 Å². The molecule has 5 nitrogen and oxygen atoms in total. The second-order valence-electron chi connectivity index (χ2n) is 5.73. The van der Waals surface area contributed by atoms with E-state index in [0.717, 1.165) is 11.0 Å². The lowest BCUT2D eigenvalue weighted by atomic mass is 10.1. The van der Waals surface area contributed by atoms with Crippen molar-refractivity contribution in [2.24, 2.45) is 0 Å². The summed E-state index contributed by atoms with van der Waals surface area (Å²) in [7, 11) is 1.33. The fraction of sp³-hybridized carbons (Fsp3) is 0.222. The highest BCUT2D eigenvalue weighted by Crippen LogP contribution is 2.32. The molecule has 0 bridgehead atoms. The molecule has 2 aromatic rings. The van der Waals surface area contributed by atoms with E-state index in [1.165, 1.54) is 50.4 Å². The summed E-state index contributed by atoms with van der Waals surface area (Å²) in [5, 5.41) is 12.4. The molecule has 2 rings (SSSR count). The van der Waals surface area contributed by atoms with Crippen LogP contribution in [0.1, 0.15) is 28.4 Å². The van der Waals surface area contributed by atoms with E-state index in [9.17, 15) is 27.9 Å². The Kier molecular flexibility index (Phi) is 5.54. The van der Waals surface area contributed by atoms with Gasteiger partial charge in [0.05, 0.1) is 11.1 Å². The molecule has 0 unspecified atom stereocenters. The highest BCUT2D eigenvalue weighted by Gasteiger charge is 2.33. The average Bonchev–Trinajstić information content (AvgIpc) is 2.55. The third-order valence-electron chi connectivity index (χ3n) is 3.62. The zero-order chi connectivity index (χ0) is 19.5. The average molecular weight is 366 g/mol. The molecule has 0 radical (unpaired) electrons. The largest absolute Gasteiger partial charge is 0.507 e. The number of hydrogen-bond acceptors (Lipinski definition) is 3. The van der Waals surface area contributed by atoms with Gasteiger partial charge in [0, 0.05) is 26.2 Å². The highest BCUT2D eigenvalue weighted by molar-refractivity contribution is 5.99. The molecule has 2 amide bonds. The van der Waals surface area contributed by atoms with E-state index in [0.29, 0.717) is 5.69 Å². The van der Waals surface area contributed by atoms with Crippen molar-refractivity contribution >= 4 is 17.5 Å². The SMILES string of the molecule is CC(=O)Nc1ccc(O)c(C(=O)N(C)Cc2ccccc2C(F)(F)F)c1. The number of nitrogens with zero attached hydrogens (tertiary/aromatic N) is 1. The standard InChI is InChI=1S/C18H17F3N2O3/c1-11(24)22-13-7-8-16(25)14(9-13)17(26)23(2)10-12-5-3-4-6-15(12)18(19,20)21/h3-9,25H,10H2,1-2H3,(H,22,24). The zero-order valence-corrected chi connectivity index (χ0v) is 14.1. The minimum Gasteiger partial charge on any atom is -0.507 e. The summed E-state index contributed by atoms with van der Waals surface area (Å²) < 4.78 is 39.2. The van der Waals surface area contributed by atoms with Crippen LogP contribution in [0.2, 0.25) is 0 Å². The lowest BCUT2D eigenvalue weighted by Crippen LogP contribution is -2.27. The number of benzene rings is 2. The van der Waals surface area contributed by atoms with Gasteiger partial charge in [-0.1, -0.05) is 18.2 Å². The molecular weight excluding hydrogens is 349 g/mol. The highest BCUT2D eigenvalue weighted by atomic mass is 19.4. The van der Waals surface area contributed by atoms with Gasteiger partial charge in [-0.25, -0.2) is 0 Å². The number of alkyl halides is 3. The Morgan fingerprint density at radius 1 is 1.15 bits per heavy atom. The number of carbonyl (C=O) groups is 2. The zero-order valence-electron chi connectivity index (χ0n) is 14.1.